The van der Waals surface area contributed by atoms with E-state index in [0.29, 0.717) is 6.61 Å². The number of hydrogen-bond donors (Lipinski definition) is 0. The number of rotatable bonds is 3. The van der Waals surface area contributed by atoms with Gasteiger partial charge in [-0.2, -0.15) is 0 Å². The minimum atomic E-state index is -0.330. The molecule has 0 aromatic rings. The summed E-state index contributed by atoms with van der Waals surface area (Å²) in [4.78, 5) is 10.3. The lowest BCUT2D eigenvalue weighted by atomic mass is 10.5. The van der Waals surface area contributed by atoms with Crippen LogP contribution < -0.4 is 0 Å². The summed E-state index contributed by atoms with van der Waals surface area (Å²) in [6.07, 6.45) is 2.51. The molecule has 0 aromatic carbocycles. The first-order valence-corrected chi connectivity index (χ1v) is 2.72. The number of carbonyl (C=O) groups excluding carboxylic acids is 2. The van der Waals surface area contributed by atoms with Crippen LogP contribution in [0, 0.1) is 0 Å². The predicted octanol–water partition coefficient (Wildman–Crippen LogP) is 0.215. The summed E-state index contributed by atoms with van der Waals surface area (Å²) in [5.41, 5.74) is 0. The van der Waals surface area contributed by atoms with Crippen molar-refractivity contribution in [2.75, 3.05) is 13.7 Å². The molecule has 0 spiro atoms. The lowest BCUT2D eigenvalue weighted by Crippen LogP contribution is -2.00. The molecular formula is C6H10O3. The lowest BCUT2D eigenvalue weighted by Gasteiger charge is -1.92. The van der Waals surface area contributed by atoms with Gasteiger partial charge in [-0.15, -0.1) is 0 Å². The van der Waals surface area contributed by atoms with Crippen molar-refractivity contribution >= 4 is 12.3 Å². The van der Waals surface area contributed by atoms with E-state index in [1.807, 2.05) is 6.92 Å². The molecule has 0 fully saturated rings. The molecule has 0 unspecified atom stereocenters. The molecule has 52 valence electrons. The summed E-state index contributed by atoms with van der Waals surface area (Å²) in [5.74, 6) is -0.330. The maximum Gasteiger partial charge on any atom is 0.283 e. The number of esters is 1. The van der Waals surface area contributed by atoms with Crippen LogP contribution in [0.3, 0.4) is 0 Å². The Morgan fingerprint density at radius 1 is 1.78 bits per heavy atom. The van der Waals surface area contributed by atoms with Crippen molar-refractivity contribution in [1.82, 2.24) is 0 Å². The summed E-state index contributed by atoms with van der Waals surface area (Å²) in [6, 6.07) is 0. The first-order chi connectivity index (χ1) is 4.31. The van der Waals surface area contributed by atoms with Crippen LogP contribution in [0.1, 0.15) is 13.3 Å². The predicted molar refractivity (Wildman–Crippen MR) is 32.9 cm³/mol. The van der Waals surface area contributed by atoms with Gasteiger partial charge in [-0.25, -0.2) is 0 Å². The highest BCUT2D eigenvalue weighted by Crippen LogP contribution is 1.76. The third-order valence-corrected chi connectivity index (χ3v) is 0.691. The molecule has 3 nitrogen and oxygen atoms in total. The molecule has 0 heterocycles. The number of hydrogen-bond acceptors (Lipinski definition) is 2. The van der Waals surface area contributed by atoms with Gasteiger partial charge in [0, 0.05) is 6.92 Å². The number of ether oxygens (including phenoxy) is 1. The topological polar surface area (TPSA) is 37.6 Å². The molecule has 0 atom stereocenters. The largest absolute Gasteiger partial charge is 0.471 e. The fraction of sp³-hybridized carbons (Fsp3) is 0.667. The Morgan fingerprint density at radius 2 is 2.44 bits per heavy atom. The van der Waals surface area contributed by atoms with Crippen molar-refractivity contribution in [3.63, 3.8) is 0 Å². The van der Waals surface area contributed by atoms with E-state index in [1.54, 1.807) is 0 Å². The normalized spacial score (nSPS) is 10.0. The van der Waals surface area contributed by atoms with Crippen molar-refractivity contribution < 1.29 is 14.0 Å². The molecule has 0 bridgehead atoms. The van der Waals surface area contributed by atoms with E-state index in [-0.39, 0.29) is 12.4 Å². The SMILES string of the molecule is CC[O+]=[C-]CC(=O)OC. The highest BCUT2D eigenvalue weighted by molar-refractivity contribution is 5.83. The molecule has 0 N–H and O–H groups in total. The molecule has 0 aliphatic rings. The Morgan fingerprint density at radius 3 is 2.89 bits per heavy atom. The second-order valence-corrected chi connectivity index (χ2v) is 1.33. The van der Waals surface area contributed by atoms with E-state index in [9.17, 15) is 4.79 Å². The molecule has 9 heavy (non-hydrogen) atoms. The van der Waals surface area contributed by atoms with Crippen molar-refractivity contribution in [2.24, 2.45) is 0 Å². The van der Waals surface area contributed by atoms with E-state index in [2.05, 4.69) is 15.4 Å². The van der Waals surface area contributed by atoms with Gasteiger partial charge in [-0.3, -0.25) is 4.79 Å². The van der Waals surface area contributed by atoms with Gasteiger partial charge in [0.15, 0.2) is 0 Å². The summed E-state index contributed by atoms with van der Waals surface area (Å²) in [7, 11) is 1.33. The molecule has 0 rings (SSSR count). The van der Waals surface area contributed by atoms with E-state index in [4.69, 9.17) is 0 Å². The average Bonchev–Trinajstić information content (AvgIpc) is 1.89. The molecule has 0 radical (unpaired) electrons. The van der Waals surface area contributed by atoms with Gasteiger partial charge in [-0.1, -0.05) is 0 Å². The first kappa shape index (κ1) is 8.14. The fourth-order valence-electron chi connectivity index (χ4n) is 0.284. The van der Waals surface area contributed by atoms with Crippen molar-refractivity contribution in [1.29, 1.82) is 0 Å². The number of methoxy groups -OCH3 is 1. The highest BCUT2D eigenvalue weighted by Gasteiger charge is 1.89. The smallest absolute Gasteiger partial charge is 0.283 e. The van der Waals surface area contributed by atoms with Gasteiger partial charge in [0.05, 0.1) is 7.11 Å². The lowest BCUT2D eigenvalue weighted by molar-refractivity contribution is -0.139. The third kappa shape index (κ3) is 5.00. The fourth-order valence-corrected chi connectivity index (χ4v) is 0.284. The van der Waals surface area contributed by atoms with Crippen LogP contribution in [0.4, 0.5) is 0 Å². The molecule has 0 aromatic heterocycles. The third-order valence-electron chi connectivity index (χ3n) is 0.691. The monoisotopic (exact) mass is 130 g/mol. The molecular weight excluding hydrogens is 120 g/mol. The van der Waals surface area contributed by atoms with Crippen molar-refractivity contribution in [3.05, 3.63) is 0 Å². The van der Waals surface area contributed by atoms with E-state index in [1.165, 1.54) is 7.11 Å². The average molecular weight is 130 g/mol. The Balaban J connectivity index is 3.26. The van der Waals surface area contributed by atoms with Crippen LogP contribution in [0.25, 0.3) is 0 Å². The van der Waals surface area contributed by atoms with Crippen LogP contribution in [0.5, 0.6) is 0 Å². The minimum absolute atomic E-state index is 0.102. The van der Waals surface area contributed by atoms with Crippen LogP contribution in [0.15, 0.2) is 0 Å². The van der Waals surface area contributed by atoms with Gasteiger partial charge in [0.25, 0.3) is 5.97 Å². The zero-order valence-corrected chi connectivity index (χ0v) is 5.64. The zero-order chi connectivity index (χ0) is 7.11. The van der Waals surface area contributed by atoms with E-state index < -0.39 is 0 Å². The number of carbonyl (C=O) groups is 1. The molecule has 0 amide bonds. The van der Waals surface area contributed by atoms with E-state index in [0.717, 1.165) is 0 Å². The summed E-state index contributed by atoms with van der Waals surface area (Å²) >= 11 is 0. The van der Waals surface area contributed by atoms with E-state index >= 15 is 0 Å². The van der Waals surface area contributed by atoms with Crippen molar-refractivity contribution in [3.8, 4) is 0 Å². The molecule has 0 aliphatic heterocycles. The van der Waals surface area contributed by atoms with Crippen LogP contribution in [-0.4, -0.2) is 26.0 Å². The molecule has 3 heteroatoms. The van der Waals surface area contributed by atoms with Crippen LogP contribution in [0.2, 0.25) is 0 Å². The van der Waals surface area contributed by atoms with Gasteiger partial charge in [-0.05, 0) is 12.7 Å². The quantitative estimate of drug-likeness (QED) is 0.237. The zero-order valence-electron chi connectivity index (χ0n) is 5.64. The molecule has 0 saturated heterocycles. The highest BCUT2D eigenvalue weighted by atomic mass is 16.5. The Kier molecular flexibility index (Phi) is 4.78. The summed E-state index contributed by atoms with van der Waals surface area (Å²) in [6.45, 7) is 2.36. The van der Waals surface area contributed by atoms with Gasteiger partial charge >= 0.3 is 0 Å². The Hall–Kier alpha value is -0.860. The molecule has 0 aliphatic carbocycles. The van der Waals surface area contributed by atoms with Gasteiger partial charge < -0.3 is 9.16 Å². The van der Waals surface area contributed by atoms with Crippen LogP contribution in [-0.2, 0) is 14.0 Å². The van der Waals surface area contributed by atoms with Gasteiger partial charge in [0.2, 0.25) is 6.61 Å². The molecule has 0 saturated carbocycles. The summed E-state index contributed by atoms with van der Waals surface area (Å²) < 4.78 is 8.97. The Bertz CT molecular complexity index is 107. The maximum absolute atomic E-state index is 10.3. The summed E-state index contributed by atoms with van der Waals surface area (Å²) in [5, 5.41) is 0. The Labute approximate surface area is 54.3 Å². The maximum atomic E-state index is 10.3. The second-order valence-electron chi connectivity index (χ2n) is 1.33. The van der Waals surface area contributed by atoms with Gasteiger partial charge in [0.1, 0.15) is 0 Å². The first-order valence-electron chi connectivity index (χ1n) is 2.72. The van der Waals surface area contributed by atoms with Crippen molar-refractivity contribution in [2.45, 2.75) is 13.3 Å². The van der Waals surface area contributed by atoms with Crippen LogP contribution >= 0.6 is 0 Å². The minimum Gasteiger partial charge on any atom is -0.471 e. The standard InChI is InChI=1S/C6H10O3/c1-3-9-5-4-6(7)8-2/h3-4H2,1-2H3. The second kappa shape index (κ2) is 5.28.